The molecule has 1 aromatic heterocycles. The van der Waals surface area contributed by atoms with Gasteiger partial charge in [-0.05, 0) is 71.1 Å². The molecule has 31 heavy (non-hydrogen) atoms. The molecule has 0 N–H and O–H groups in total. The van der Waals surface area contributed by atoms with Crippen LogP contribution in [-0.2, 0) is 9.53 Å². The summed E-state index contributed by atoms with van der Waals surface area (Å²) in [6.45, 7) is 8.29. The van der Waals surface area contributed by atoms with Gasteiger partial charge in [-0.25, -0.2) is 9.48 Å². The molecule has 0 unspecified atom stereocenters. The Morgan fingerprint density at radius 2 is 1.84 bits per heavy atom. The number of hydrogen-bond donors (Lipinski definition) is 0. The highest BCUT2D eigenvalue weighted by molar-refractivity contribution is 6.02. The van der Waals surface area contributed by atoms with Crippen molar-refractivity contribution in [2.45, 2.75) is 91.5 Å². The van der Waals surface area contributed by atoms with E-state index < -0.39 is 5.97 Å². The summed E-state index contributed by atoms with van der Waals surface area (Å²) in [5, 5.41) is 4.68. The fraction of sp³-hybridized carbons (Fsp3) is 0.720. The van der Waals surface area contributed by atoms with Gasteiger partial charge in [-0.1, -0.05) is 32.3 Å². The lowest BCUT2D eigenvalue weighted by Gasteiger charge is -2.32. The minimum Gasteiger partial charge on any atom is -0.462 e. The second-order valence-electron chi connectivity index (χ2n) is 9.57. The molecule has 0 bridgehead atoms. The third kappa shape index (κ3) is 5.98. The van der Waals surface area contributed by atoms with E-state index in [-0.39, 0.29) is 24.5 Å². The lowest BCUT2D eigenvalue weighted by Crippen LogP contribution is -2.43. The van der Waals surface area contributed by atoms with Gasteiger partial charge in [-0.15, -0.1) is 5.10 Å². The number of esters is 1. The summed E-state index contributed by atoms with van der Waals surface area (Å²) in [6.07, 6.45) is 16.0. The molecular formula is C25H39N3O3. The van der Waals surface area contributed by atoms with Crippen LogP contribution >= 0.6 is 0 Å². The zero-order valence-electron chi connectivity index (χ0n) is 19.7. The standard InChI is InChI=1S/C25H39N3O3/c1-5-31-25(30)22-17-27(16-15-20-9-7-6-8-10-20)26-23(22)28(18(2)3)24(29)21-13-11-19(4)12-14-21/h15-21H,5-14H2,1-4H3/t19-,21-. The number of rotatable bonds is 7. The second kappa shape index (κ2) is 11.0. The Morgan fingerprint density at radius 3 is 2.45 bits per heavy atom. The number of ether oxygens (including phenoxy) is 1. The van der Waals surface area contributed by atoms with E-state index >= 15 is 0 Å². The molecule has 1 heterocycles. The van der Waals surface area contributed by atoms with E-state index in [0.29, 0.717) is 23.2 Å². The van der Waals surface area contributed by atoms with E-state index in [0.717, 1.165) is 25.7 Å². The first kappa shape index (κ1) is 23.6. The Balaban J connectivity index is 1.89. The number of allylic oxidation sites excluding steroid dienone is 1. The van der Waals surface area contributed by atoms with Crippen LogP contribution in [0, 0.1) is 17.8 Å². The predicted octanol–water partition coefficient (Wildman–Crippen LogP) is 5.68. The van der Waals surface area contributed by atoms with E-state index in [4.69, 9.17) is 4.74 Å². The molecular weight excluding hydrogens is 390 g/mol. The quantitative estimate of drug-likeness (QED) is 0.523. The number of amides is 1. The highest BCUT2D eigenvalue weighted by Crippen LogP contribution is 2.33. The molecule has 3 rings (SSSR count). The maximum atomic E-state index is 13.5. The average Bonchev–Trinajstić information content (AvgIpc) is 3.17. The Labute approximate surface area is 187 Å². The maximum Gasteiger partial charge on any atom is 0.343 e. The van der Waals surface area contributed by atoms with Crippen LogP contribution in [0.2, 0.25) is 0 Å². The summed E-state index contributed by atoms with van der Waals surface area (Å²) in [4.78, 5) is 27.9. The summed E-state index contributed by atoms with van der Waals surface area (Å²) in [5.74, 6) is 1.30. The van der Waals surface area contributed by atoms with E-state index in [1.807, 2.05) is 20.0 Å². The van der Waals surface area contributed by atoms with Crippen molar-refractivity contribution in [3.63, 3.8) is 0 Å². The molecule has 0 saturated heterocycles. The zero-order chi connectivity index (χ0) is 22.4. The molecule has 6 heteroatoms. The van der Waals surface area contributed by atoms with Crippen LogP contribution in [0.5, 0.6) is 0 Å². The molecule has 0 atom stereocenters. The highest BCUT2D eigenvalue weighted by atomic mass is 16.5. The Kier molecular flexibility index (Phi) is 8.33. The Bertz CT molecular complexity index is 769. The van der Waals surface area contributed by atoms with Crippen molar-refractivity contribution >= 4 is 23.9 Å². The van der Waals surface area contributed by atoms with Gasteiger partial charge in [0.1, 0.15) is 5.56 Å². The first-order valence-electron chi connectivity index (χ1n) is 12.2. The Morgan fingerprint density at radius 1 is 1.16 bits per heavy atom. The largest absolute Gasteiger partial charge is 0.462 e. The first-order chi connectivity index (χ1) is 14.9. The van der Waals surface area contributed by atoms with Gasteiger partial charge in [0.05, 0.1) is 6.61 Å². The summed E-state index contributed by atoms with van der Waals surface area (Å²) in [7, 11) is 0. The molecule has 6 nitrogen and oxygen atoms in total. The summed E-state index contributed by atoms with van der Waals surface area (Å²) >= 11 is 0. The lowest BCUT2D eigenvalue weighted by molar-refractivity contribution is -0.123. The van der Waals surface area contributed by atoms with Gasteiger partial charge < -0.3 is 4.74 Å². The van der Waals surface area contributed by atoms with E-state index in [2.05, 4.69) is 18.1 Å². The van der Waals surface area contributed by atoms with Crippen molar-refractivity contribution in [2.24, 2.45) is 17.8 Å². The minimum absolute atomic E-state index is 0.00317. The monoisotopic (exact) mass is 429 g/mol. The fourth-order valence-corrected chi connectivity index (χ4v) is 4.83. The van der Waals surface area contributed by atoms with Gasteiger partial charge in [0.25, 0.3) is 0 Å². The summed E-state index contributed by atoms with van der Waals surface area (Å²) < 4.78 is 6.97. The normalized spacial score (nSPS) is 22.7. The van der Waals surface area contributed by atoms with Crippen molar-refractivity contribution in [2.75, 3.05) is 11.5 Å². The van der Waals surface area contributed by atoms with Gasteiger partial charge in [0, 0.05) is 24.4 Å². The van der Waals surface area contributed by atoms with Gasteiger partial charge in [0.15, 0.2) is 5.82 Å². The number of hydrogen-bond acceptors (Lipinski definition) is 4. The van der Waals surface area contributed by atoms with Crippen LogP contribution in [0.15, 0.2) is 12.3 Å². The van der Waals surface area contributed by atoms with E-state index in [1.165, 1.54) is 32.1 Å². The summed E-state index contributed by atoms with van der Waals surface area (Å²) in [6, 6.07) is -0.0919. The third-order valence-corrected chi connectivity index (χ3v) is 6.72. The number of carbonyl (C=O) groups excluding carboxylic acids is 2. The van der Waals surface area contributed by atoms with Gasteiger partial charge in [-0.2, -0.15) is 0 Å². The molecule has 2 saturated carbocycles. The maximum absolute atomic E-state index is 13.5. The van der Waals surface area contributed by atoms with Crippen molar-refractivity contribution in [1.82, 2.24) is 9.78 Å². The van der Waals surface area contributed by atoms with Crippen molar-refractivity contribution in [1.29, 1.82) is 0 Å². The SMILES string of the molecule is CCOC(=O)c1cn(C=CC2CCCCC2)nc1N(C(=O)[C@H]1CC[C@H](C)CC1)C(C)C. The van der Waals surface area contributed by atoms with Crippen LogP contribution in [0.3, 0.4) is 0 Å². The highest BCUT2D eigenvalue weighted by Gasteiger charge is 2.34. The number of nitrogens with zero attached hydrogens (tertiary/aromatic N) is 3. The van der Waals surface area contributed by atoms with Gasteiger partial charge in [0.2, 0.25) is 5.91 Å². The average molecular weight is 430 g/mol. The first-order valence-corrected chi connectivity index (χ1v) is 12.2. The molecule has 2 aliphatic carbocycles. The van der Waals surface area contributed by atoms with Crippen molar-refractivity contribution in [3.8, 4) is 0 Å². The molecule has 1 aromatic rings. The van der Waals surface area contributed by atoms with Crippen LogP contribution in [0.4, 0.5) is 5.82 Å². The Hall–Kier alpha value is -2.11. The smallest absolute Gasteiger partial charge is 0.343 e. The fourth-order valence-electron chi connectivity index (χ4n) is 4.83. The number of aromatic nitrogens is 2. The number of anilines is 1. The molecule has 1 amide bonds. The van der Waals surface area contributed by atoms with Crippen LogP contribution in [0.25, 0.3) is 6.20 Å². The van der Waals surface area contributed by atoms with Gasteiger partial charge >= 0.3 is 5.97 Å². The molecule has 0 aliphatic heterocycles. The molecule has 2 fully saturated rings. The topological polar surface area (TPSA) is 64.4 Å². The second-order valence-corrected chi connectivity index (χ2v) is 9.57. The zero-order valence-corrected chi connectivity index (χ0v) is 19.7. The third-order valence-electron chi connectivity index (χ3n) is 6.72. The van der Waals surface area contributed by atoms with Crippen molar-refractivity contribution in [3.05, 3.63) is 17.8 Å². The van der Waals surface area contributed by atoms with Crippen LogP contribution in [-0.4, -0.2) is 34.3 Å². The van der Waals surface area contributed by atoms with Crippen LogP contribution < -0.4 is 4.90 Å². The van der Waals surface area contributed by atoms with Gasteiger partial charge in [-0.3, -0.25) is 9.69 Å². The van der Waals surface area contributed by atoms with E-state index in [9.17, 15) is 9.59 Å². The van der Waals surface area contributed by atoms with Crippen LogP contribution in [0.1, 0.15) is 95.8 Å². The molecule has 0 aromatic carbocycles. The molecule has 0 spiro atoms. The van der Waals surface area contributed by atoms with Crippen molar-refractivity contribution < 1.29 is 14.3 Å². The molecule has 0 radical (unpaired) electrons. The predicted molar refractivity (Wildman–Crippen MR) is 124 cm³/mol. The number of carbonyl (C=O) groups is 2. The summed E-state index contributed by atoms with van der Waals surface area (Å²) in [5.41, 5.74) is 0.362. The van der Waals surface area contributed by atoms with E-state index in [1.54, 1.807) is 22.7 Å². The minimum atomic E-state index is -0.425. The lowest BCUT2D eigenvalue weighted by atomic mass is 9.82. The molecule has 172 valence electrons. The molecule has 2 aliphatic rings.